The van der Waals surface area contributed by atoms with Crippen molar-refractivity contribution in [1.29, 1.82) is 0 Å². The Kier molecular flexibility index (Phi) is 4.33. The normalized spacial score (nSPS) is 11.6. The molecule has 2 heteroatoms. The summed E-state index contributed by atoms with van der Waals surface area (Å²) in [6.07, 6.45) is 1.06. The van der Waals surface area contributed by atoms with Gasteiger partial charge in [-0.3, -0.25) is 4.79 Å². The zero-order valence-electron chi connectivity index (χ0n) is 11.4. The summed E-state index contributed by atoms with van der Waals surface area (Å²) in [5.74, 6) is 1.03. The minimum Gasteiger partial charge on any atom is -0.426 e. The number of hydrogen-bond donors (Lipinski definition) is 0. The fraction of sp³-hybridized carbons (Fsp3) is 0.533. The first-order chi connectivity index (χ1) is 7.83. The molecule has 0 aliphatic carbocycles. The number of esters is 1. The van der Waals surface area contributed by atoms with Crippen LogP contribution in [0.25, 0.3) is 0 Å². The predicted octanol–water partition coefficient (Wildman–Crippen LogP) is 3.94. The maximum absolute atomic E-state index is 11.1. The summed E-state index contributed by atoms with van der Waals surface area (Å²) in [4.78, 5) is 11.1. The maximum Gasteiger partial charge on any atom is 0.308 e. The molecule has 0 amide bonds. The first-order valence-corrected chi connectivity index (χ1v) is 6.11. The van der Waals surface area contributed by atoms with Crippen molar-refractivity contribution in [1.82, 2.24) is 0 Å². The van der Waals surface area contributed by atoms with Crippen LogP contribution < -0.4 is 4.74 Å². The van der Waals surface area contributed by atoms with E-state index in [1.165, 1.54) is 6.92 Å². The zero-order chi connectivity index (χ0) is 13.1. The lowest BCUT2D eigenvalue weighted by Gasteiger charge is -2.28. The topological polar surface area (TPSA) is 26.3 Å². The maximum atomic E-state index is 11.1. The number of hydrogen-bond acceptors (Lipinski definition) is 2. The van der Waals surface area contributed by atoms with E-state index in [-0.39, 0.29) is 11.4 Å². The van der Waals surface area contributed by atoms with Crippen LogP contribution in [0.1, 0.15) is 46.6 Å². The van der Waals surface area contributed by atoms with Gasteiger partial charge in [-0.25, -0.2) is 0 Å². The van der Waals surface area contributed by atoms with Gasteiger partial charge in [0.2, 0.25) is 0 Å². The molecule has 2 nitrogen and oxygen atoms in total. The van der Waals surface area contributed by atoms with E-state index in [0.29, 0.717) is 11.7 Å². The Bertz CT molecular complexity index is 392. The van der Waals surface area contributed by atoms with Crippen LogP contribution in [-0.2, 0) is 10.2 Å². The van der Waals surface area contributed by atoms with Gasteiger partial charge >= 0.3 is 5.97 Å². The lowest BCUT2D eigenvalue weighted by Crippen LogP contribution is -2.21. The molecule has 94 valence electrons. The van der Waals surface area contributed by atoms with Crippen LogP contribution in [0.2, 0.25) is 0 Å². The van der Waals surface area contributed by atoms with Crippen molar-refractivity contribution in [3.05, 3.63) is 29.8 Å². The van der Waals surface area contributed by atoms with Crippen molar-refractivity contribution < 1.29 is 9.53 Å². The number of rotatable bonds is 4. The van der Waals surface area contributed by atoms with Gasteiger partial charge in [0, 0.05) is 12.5 Å². The molecule has 17 heavy (non-hydrogen) atoms. The van der Waals surface area contributed by atoms with Gasteiger partial charge in [0.05, 0.1) is 0 Å². The highest BCUT2D eigenvalue weighted by Crippen LogP contribution is 2.36. The second-order valence-corrected chi connectivity index (χ2v) is 5.57. The van der Waals surface area contributed by atoms with Crippen LogP contribution in [0.15, 0.2) is 24.3 Å². The predicted molar refractivity (Wildman–Crippen MR) is 70.2 cm³/mol. The van der Waals surface area contributed by atoms with Crippen molar-refractivity contribution in [2.45, 2.75) is 46.5 Å². The van der Waals surface area contributed by atoms with Crippen molar-refractivity contribution in [2.24, 2.45) is 5.92 Å². The first-order valence-electron chi connectivity index (χ1n) is 6.11. The second-order valence-electron chi connectivity index (χ2n) is 5.57. The van der Waals surface area contributed by atoms with Crippen molar-refractivity contribution >= 4 is 5.97 Å². The highest BCUT2D eigenvalue weighted by molar-refractivity contribution is 5.70. The summed E-state index contributed by atoms with van der Waals surface area (Å²) in [5.41, 5.74) is 1.11. The van der Waals surface area contributed by atoms with E-state index in [1.54, 1.807) is 0 Å². The van der Waals surface area contributed by atoms with Crippen LogP contribution in [0.3, 0.4) is 0 Å². The molecule has 0 spiro atoms. The van der Waals surface area contributed by atoms with Gasteiger partial charge in [-0.05, 0) is 23.8 Å². The van der Waals surface area contributed by atoms with Crippen LogP contribution in [0.4, 0.5) is 0 Å². The Morgan fingerprint density at radius 2 is 1.88 bits per heavy atom. The van der Waals surface area contributed by atoms with Gasteiger partial charge in [0.1, 0.15) is 5.75 Å². The van der Waals surface area contributed by atoms with Crippen LogP contribution in [-0.4, -0.2) is 5.97 Å². The molecule has 0 N–H and O–H groups in total. The fourth-order valence-corrected chi connectivity index (χ4v) is 2.40. The van der Waals surface area contributed by atoms with Gasteiger partial charge in [0.25, 0.3) is 0 Å². The minimum absolute atomic E-state index is 0.0141. The average molecular weight is 234 g/mol. The Labute approximate surface area is 104 Å². The van der Waals surface area contributed by atoms with E-state index in [2.05, 4.69) is 27.7 Å². The molecule has 0 heterocycles. The lowest BCUT2D eigenvalue weighted by molar-refractivity contribution is -0.131. The highest BCUT2D eigenvalue weighted by atomic mass is 16.5. The lowest BCUT2D eigenvalue weighted by atomic mass is 9.77. The fourth-order valence-electron chi connectivity index (χ4n) is 2.40. The Hall–Kier alpha value is -1.31. The van der Waals surface area contributed by atoms with Gasteiger partial charge in [-0.1, -0.05) is 45.9 Å². The van der Waals surface area contributed by atoms with Gasteiger partial charge in [0.15, 0.2) is 0 Å². The monoisotopic (exact) mass is 234 g/mol. The summed E-state index contributed by atoms with van der Waals surface area (Å²) in [6, 6.07) is 7.79. The Balaban J connectivity index is 3.07. The molecule has 0 saturated carbocycles. The van der Waals surface area contributed by atoms with E-state index in [9.17, 15) is 4.79 Å². The van der Waals surface area contributed by atoms with E-state index < -0.39 is 0 Å². The molecule has 0 aliphatic heterocycles. The summed E-state index contributed by atoms with van der Waals surface area (Å²) in [6.45, 7) is 10.2. The molecule has 0 radical (unpaired) electrons. The molecule has 0 saturated heterocycles. The average Bonchev–Trinajstić information content (AvgIpc) is 2.15. The molecular formula is C15H22O2. The second kappa shape index (κ2) is 5.35. The largest absolute Gasteiger partial charge is 0.426 e. The molecule has 0 aliphatic rings. The van der Waals surface area contributed by atoms with Gasteiger partial charge < -0.3 is 4.74 Å². The third kappa shape index (κ3) is 3.88. The summed E-state index contributed by atoms with van der Waals surface area (Å²) >= 11 is 0. The minimum atomic E-state index is -0.266. The van der Waals surface area contributed by atoms with Crippen LogP contribution in [0, 0.1) is 5.92 Å². The first kappa shape index (κ1) is 13.8. The molecule has 1 aromatic carbocycles. The standard InChI is InChI=1S/C15H22O2/c1-11(2)10-15(4,5)13-8-6-7-9-14(13)17-12(3)16/h6-9,11H,10H2,1-5H3. The van der Waals surface area contributed by atoms with E-state index in [1.807, 2.05) is 24.3 Å². The molecule has 0 aromatic heterocycles. The third-order valence-electron chi connectivity index (χ3n) is 2.79. The van der Waals surface area contributed by atoms with E-state index >= 15 is 0 Å². The molecule has 0 atom stereocenters. The molecule has 1 aromatic rings. The van der Waals surface area contributed by atoms with E-state index in [0.717, 1.165) is 12.0 Å². The SMILES string of the molecule is CC(=O)Oc1ccccc1C(C)(C)CC(C)C. The van der Waals surface area contributed by atoms with Gasteiger partial charge in [-0.15, -0.1) is 0 Å². The molecular weight excluding hydrogens is 212 g/mol. The quantitative estimate of drug-likeness (QED) is 0.582. The van der Waals surface area contributed by atoms with Crippen LogP contribution in [0.5, 0.6) is 5.75 Å². The third-order valence-corrected chi connectivity index (χ3v) is 2.79. The zero-order valence-corrected chi connectivity index (χ0v) is 11.4. The molecule has 0 unspecified atom stereocenters. The molecule has 0 bridgehead atoms. The molecule has 1 rings (SSSR count). The van der Waals surface area contributed by atoms with Crippen molar-refractivity contribution in [3.63, 3.8) is 0 Å². The highest BCUT2D eigenvalue weighted by Gasteiger charge is 2.25. The molecule has 0 fully saturated rings. The van der Waals surface area contributed by atoms with Crippen LogP contribution >= 0.6 is 0 Å². The number of ether oxygens (including phenoxy) is 1. The number of carbonyl (C=O) groups excluding carboxylic acids is 1. The van der Waals surface area contributed by atoms with Crippen molar-refractivity contribution in [3.8, 4) is 5.75 Å². The van der Waals surface area contributed by atoms with Crippen molar-refractivity contribution in [2.75, 3.05) is 0 Å². The smallest absolute Gasteiger partial charge is 0.308 e. The van der Waals surface area contributed by atoms with Gasteiger partial charge in [-0.2, -0.15) is 0 Å². The summed E-state index contributed by atoms with van der Waals surface area (Å²) in [7, 11) is 0. The number of benzene rings is 1. The Morgan fingerprint density at radius 3 is 2.41 bits per heavy atom. The van der Waals surface area contributed by atoms with E-state index in [4.69, 9.17) is 4.74 Å². The number of para-hydroxylation sites is 1. The summed E-state index contributed by atoms with van der Waals surface area (Å²) < 4.78 is 5.27. The number of carbonyl (C=O) groups is 1. The Morgan fingerprint density at radius 1 is 1.29 bits per heavy atom. The summed E-state index contributed by atoms with van der Waals surface area (Å²) in [5, 5.41) is 0.